The van der Waals surface area contributed by atoms with Crippen LogP contribution in [0.5, 0.6) is 11.5 Å². The summed E-state index contributed by atoms with van der Waals surface area (Å²) in [6, 6.07) is 14.7. The van der Waals surface area contributed by atoms with E-state index < -0.39 is 32.9 Å². The van der Waals surface area contributed by atoms with Crippen LogP contribution in [0.3, 0.4) is 0 Å². The summed E-state index contributed by atoms with van der Waals surface area (Å²) in [5, 5.41) is 12.9. The molecule has 42 heavy (non-hydrogen) atoms. The van der Waals surface area contributed by atoms with Gasteiger partial charge in [-0.3, -0.25) is 9.78 Å². The number of H-pyrrole nitrogens is 1. The van der Waals surface area contributed by atoms with Gasteiger partial charge in [-0.25, -0.2) is 22.0 Å². The molecule has 0 fully saturated rings. The Morgan fingerprint density at radius 2 is 1.71 bits per heavy atom. The molecule has 3 aromatic carbocycles. The number of carbonyl (C=O) groups excluding carboxylic acids is 1. The quantitative estimate of drug-likeness (QED) is 0.272. The number of carbonyl (C=O) groups is 1. The second-order valence-electron chi connectivity index (χ2n) is 8.80. The number of halogens is 2. The highest BCUT2D eigenvalue weighted by Gasteiger charge is 2.25. The molecule has 2 heterocycles. The Morgan fingerprint density at radius 1 is 1.05 bits per heavy atom. The van der Waals surface area contributed by atoms with Gasteiger partial charge in [-0.1, -0.05) is 40.9 Å². The van der Waals surface area contributed by atoms with Crippen LogP contribution in [0.4, 0.5) is 0 Å². The average Bonchev–Trinajstić information content (AvgIpc) is 3.34. The number of ether oxygens (including phenoxy) is 2. The van der Waals surface area contributed by atoms with Crippen molar-refractivity contribution in [1.29, 1.82) is 5.26 Å². The maximum absolute atomic E-state index is 13.5. The molecule has 5 rings (SSSR count). The first kappa shape index (κ1) is 28.6. The molecule has 0 spiro atoms. The summed E-state index contributed by atoms with van der Waals surface area (Å²) >= 11 is 12.8. The van der Waals surface area contributed by atoms with E-state index >= 15 is 0 Å². The average molecular weight is 626 g/mol. The predicted molar refractivity (Wildman–Crippen MR) is 152 cm³/mol. The third-order valence-corrected chi connectivity index (χ3v) is 8.36. The van der Waals surface area contributed by atoms with E-state index in [1.807, 2.05) is 11.9 Å². The van der Waals surface area contributed by atoms with Gasteiger partial charge in [-0.05, 0) is 49.4 Å². The number of methoxy groups -OCH3 is 1. The molecule has 15 heteroatoms. The molecular weight excluding hydrogens is 609 g/mol. The smallest absolute Gasteiger partial charge is 0.349 e. The van der Waals surface area contributed by atoms with Gasteiger partial charge in [0.2, 0.25) is 5.69 Å². The fourth-order valence-electron chi connectivity index (χ4n) is 4.07. The zero-order valence-electron chi connectivity index (χ0n) is 21.6. The molecule has 2 aromatic heterocycles. The van der Waals surface area contributed by atoms with Crippen molar-refractivity contribution in [2.45, 2.75) is 11.8 Å². The lowest BCUT2D eigenvalue weighted by atomic mass is 10.1. The number of fused-ring (bicyclic) bond motifs is 1. The molecular formula is C27H17Cl2N5O7S. The number of aromatic nitrogens is 4. The summed E-state index contributed by atoms with van der Waals surface area (Å²) in [5.74, 6) is -0.669. The van der Waals surface area contributed by atoms with Crippen molar-refractivity contribution in [1.82, 2.24) is 18.7 Å². The monoisotopic (exact) mass is 625 g/mol. The largest absolute Gasteiger partial charge is 0.465 e. The lowest BCUT2D eigenvalue weighted by Crippen LogP contribution is -2.33. The van der Waals surface area contributed by atoms with Crippen LogP contribution in [-0.4, -0.2) is 40.2 Å². The van der Waals surface area contributed by atoms with E-state index in [0.717, 1.165) is 14.2 Å². The highest BCUT2D eigenvalue weighted by molar-refractivity contribution is 7.90. The molecule has 0 amide bonds. The van der Waals surface area contributed by atoms with Gasteiger partial charge in [-0.2, -0.15) is 9.94 Å². The number of rotatable bonds is 6. The Hall–Kier alpha value is -4.90. The Bertz CT molecular complexity index is 2160. The van der Waals surface area contributed by atoms with Crippen LogP contribution in [0, 0.1) is 18.3 Å². The molecule has 0 aliphatic heterocycles. The minimum Gasteiger partial charge on any atom is -0.465 e. The Kier molecular flexibility index (Phi) is 7.38. The lowest BCUT2D eigenvalue weighted by Gasteiger charge is -2.13. The van der Waals surface area contributed by atoms with Crippen LogP contribution in [0.1, 0.15) is 21.6 Å². The van der Waals surface area contributed by atoms with E-state index in [4.69, 9.17) is 37.9 Å². The molecule has 0 unspecified atom stereocenters. The fourth-order valence-corrected chi connectivity index (χ4v) is 5.99. The van der Waals surface area contributed by atoms with E-state index in [2.05, 4.69) is 5.10 Å². The zero-order valence-corrected chi connectivity index (χ0v) is 23.9. The third kappa shape index (κ3) is 5.03. The number of nitriles is 1. The van der Waals surface area contributed by atoms with Crippen LogP contribution in [0.15, 0.2) is 75.3 Å². The van der Waals surface area contributed by atoms with Gasteiger partial charge < -0.3 is 9.47 Å². The standard InChI is InChI=1S/C27H17Cl2N5O7S/c1-14-3-6-17(7-4-14)42(38,39)33-13-19(26(36)40-2)18-11-16(5-8-23(18)33)41-24-20(28)9-15(10-21(24)29)34-27(37)31-25(35)22(12-30)32-34/h3-11,13H,1-2H3,(H,31,35,37). The SMILES string of the molecule is COC(=O)c1cn(S(=O)(=O)c2ccc(C)cc2)c2ccc(Oc3c(Cl)cc(-n4nc(C#N)c(=O)[nH]c4=O)cc3Cl)cc12. The molecule has 0 saturated carbocycles. The van der Waals surface area contributed by atoms with Crippen LogP contribution in [-0.2, 0) is 14.8 Å². The Balaban J connectivity index is 1.58. The van der Waals surface area contributed by atoms with E-state index in [0.29, 0.717) is 0 Å². The lowest BCUT2D eigenvalue weighted by molar-refractivity contribution is 0.0603. The van der Waals surface area contributed by atoms with Crippen molar-refractivity contribution < 1.29 is 22.7 Å². The summed E-state index contributed by atoms with van der Waals surface area (Å²) in [5.41, 5.74) is -1.35. The van der Waals surface area contributed by atoms with Crippen molar-refractivity contribution >= 4 is 50.1 Å². The number of hydrogen-bond donors (Lipinski definition) is 1. The molecule has 12 nitrogen and oxygen atoms in total. The predicted octanol–water partition coefficient (Wildman–Crippen LogP) is 4.18. The number of aromatic amines is 1. The molecule has 0 aliphatic rings. The Morgan fingerprint density at radius 3 is 2.33 bits per heavy atom. The minimum absolute atomic E-state index is 0.0263. The van der Waals surface area contributed by atoms with Crippen LogP contribution >= 0.6 is 23.2 Å². The van der Waals surface area contributed by atoms with E-state index in [9.17, 15) is 22.8 Å². The number of esters is 1. The third-order valence-electron chi connectivity index (χ3n) is 6.11. The van der Waals surface area contributed by atoms with Crippen LogP contribution in [0.2, 0.25) is 10.0 Å². The normalized spacial score (nSPS) is 11.3. The molecule has 0 atom stereocenters. The van der Waals surface area contributed by atoms with Gasteiger partial charge in [-0.15, -0.1) is 5.10 Å². The van der Waals surface area contributed by atoms with Gasteiger partial charge in [0, 0.05) is 11.6 Å². The maximum atomic E-state index is 13.5. The summed E-state index contributed by atoms with van der Waals surface area (Å²) in [6.07, 6.45) is 1.18. The molecule has 0 radical (unpaired) electrons. The van der Waals surface area contributed by atoms with Gasteiger partial charge >= 0.3 is 11.7 Å². The number of aryl methyl sites for hydroxylation is 1. The topological polar surface area (TPSA) is 166 Å². The van der Waals surface area contributed by atoms with Gasteiger partial charge in [0.1, 0.15) is 11.8 Å². The molecule has 212 valence electrons. The molecule has 0 bridgehead atoms. The number of nitrogens with one attached hydrogen (secondary N) is 1. The van der Waals surface area contributed by atoms with Crippen molar-refractivity contribution in [3.05, 3.63) is 108 Å². The molecule has 0 aliphatic carbocycles. The first-order chi connectivity index (χ1) is 19.9. The van der Waals surface area contributed by atoms with Gasteiger partial charge in [0.05, 0.1) is 38.8 Å². The van der Waals surface area contributed by atoms with Crippen LogP contribution in [0.25, 0.3) is 16.6 Å². The highest BCUT2D eigenvalue weighted by Crippen LogP contribution is 2.39. The number of benzene rings is 3. The number of nitrogens with zero attached hydrogens (tertiary/aromatic N) is 4. The van der Waals surface area contributed by atoms with E-state index in [-0.39, 0.29) is 48.6 Å². The maximum Gasteiger partial charge on any atom is 0.349 e. The van der Waals surface area contributed by atoms with Crippen molar-refractivity contribution in [2.24, 2.45) is 0 Å². The first-order valence-corrected chi connectivity index (χ1v) is 14.0. The van der Waals surface area contributed by atoms with Crippen molar-refractivity contribution in [3.63, 3.8) is 0 Å². The summed E-state index contributed by atoms with van der Waals surface area (Å²) in [4.78, 5) is 38.5. The summed E-state index contributed by atoms with van der Waals surface area (Å²) in [6.45, 7) is 1.83. The minimum atomic E-state index is -4.08. The second-order valence-corrected chi connectivity index (χ2v) is 11.4. The number of hydrogen-bond acceptors (Lipinski definition) is 9. The second kappa shape index (κ2) is 10.8. The molecule has 5 aromatic rings. The van der Waals surface area contributed by atoms with Crippen molar-refractivity contribution in [3.8, 4) is 23.3 Å². The molecule has 1 N–H and O–H groups in total. The zero-order chi connectivity index (χ0) is 30.3. The van der Waals surface area contributed by atoms with Crippen LogP contribution < -0.4 is 16.0 Å². The summed E-state index contributed by atoms with van der Waals surface area (Å²) in [7, 11) is -2.91. The summed E-state index contributed by atoms with van der Waals surface area (Å²) < 4.78 is 39.4. The Labute approximate surface area is 246 Å². The fraction of sp³-hybridized carbons (Fsp3) is 0.0741. The van der Waals surface area contributed by atoms with Gasteiger partial charge in [0.15, 0.2) is 5.75 Å². The van der Waals surface area contributed by atoms with E-state index in [1.165, 1.54) is 55.8 Å². The van der Waals surface area contributed by atoms with Crippen molar-refractivity contribution in [2.75, 3.05) is 7.11 Å². The van der Waals surface area contributed by atoms with Gasteiger partial charge in [0.25, 0.3) is 15.6 Å². The first-order valence-electron chi connectivity index (χ1n) is 11.8. The molecule has 0 saturated heterocycles. The van der Waals surface area contributed by atoms with E-state index in [1.54, 1.807) is 18.2 Å². The highest BCUT2D eigenvalue weighted by atomic mass is 35.5.